The Labute approximate surface area is 121 Å². The number of carboxylic acids is 1. The molecule has 1 atom stereocenters. The number of rotatable bonds is 4. The molecule has 9 heteroatoms. The molecule has 2 amide bonds. The molecule has 1 aliphatic heterocycles. The molecule has 1 heterocycles. The maximum absolute atomic E-state index is 12.5. The third-order valence-corrected chi connectivity index (χ3v) is 3.36. The molecular formula is C12H20F3N3O3. The van der Waals surface area contributed by atoms with Crippen LogP contribution >= 0.6 is 0 Å². The Bertz CT molecular complexity index is 388. The molecule has 1 unspecified atom stereocenters. The first kappa shape index (κ1) is 17.5. The van der Waals surface area contributed by atoms with Gasteiger partial charge in [0.1, 0.15) is 13.1 Å². The van der Waals surface area contributed by atoms with Crippen LogP contribution in [0.25, 0.3) is 0 Å². The van der Waals surface area contributed by atoms with E-state index >= 15 is 0 Å². The van der Waals surface area contributed by atoms with Crippen LogP contribution in [0.3, 0.4) is 0 Å². The van der Waals surface area contributed by atoms with Crippen LogP contribution in [0.5, 0.6) is 0 Å². The molecule has 122 valence electrons. The van der Waals surface area contributed by atoms with E-state index in [2.05, 4.69) is 0 Å². The molecule has 1 rings (SSSR count). The van der Waals surface area contributed by atoms with Crippen molar-refractivity contribution in [1.82, 2.24) is 14.7 Å². The molecule has 0 saturated carbocycles. The van der Waals surface area contributed by atoms with Gasteiger partial charge in [-0.05, 0) is 26.9 Å². The highest BCUT2D eigenvalue weighted by molar-refractivity contribution is 5.80. The summed E-state index contributed by atoms with van der Waals surface area (Å²) in [4.78, 5) is 26.4. The second-order valence-corrected chi connectivity index (χ2v) is 5.35. The Hall–Kier alpha value is -1.51. The van der Waals surface area contributed by atoms with E-state index in [9.17, 15) is 22.8 Å². The first-order chi connectivity index (χ1) is 9.60. The Kier molecular flexibility index (Phi) is 5.82. The van der Waals surface area contributed by atoms with Crippen molar-refractivity contribution in [3.8, 4) is 0 Å². The van der Waals surface area contributed by atoms with Gasteiger partial charge in [0.25, 0.3) is 0 Å². The minimum Gasteiger partial charge on any atom is -0.480 e. The van der Waals surface area contributed by atoms with Crippen molar-refractivity contribution in [2.24, 2.45) is 0 Å². The van der Waals surface area contributed by atoms with E-state index in [4.69, 9.17) is 5.11 Å². The summed E-state index contributed by atoms with van der Waals surface area (Å²) in [6, 6.07) is -0.804. The minimum atomic E-state index is -4.62. The number of likely N-dealkylation sites (N-methyl/N-ethyl adjacent to an activating group) is 1. The van der Waals surface area contributed by atoms with Gasteiger partial charge in [0.15, 0.2) is 0 Å². The van der Waals surface area contributed by atoms with Crippen LogP contribution in [-0.4, -0.2) is 84.3 Å². The van der Waals surface area contributed by atoms with Gasteiger partial charge in [0, 0.05) is 19.1 Å². The fraction of sp³-hybridized carbons (Fsp3) is 0.833. The molecule has 1 fully saturated rings. The molecule has 6 nitrogen and oxygen atoms in total. The zero-order valence-electron chi connectivity index (χ0n) is 12.1. The van der Waals surface area contributed by atoms with E-state index < -0.39 is 31.3 Å². The van der Waals surface area contributed by atoms with Gasteiger partial charge in [-0.1, -0.05) is 0 Å². The molecule has 0 aromatic heterocycles. The summed E-state index contributed by atoms with van der Waals surface area (Å²) in [6.45, 7) is -1.86. The van der Waals surface area contributed by atoms with Crippen molar-refractivity contribution >= 4 is 12.0 Å². The molecule has 0 radical (unpaired) electrons. The van der Waals surface area contributed by atoms with Gasteiger partial charge in [-0.2, -0.15) is 13.2 Å². The zero-order chi connectivity index (χ0) is 16.2. The van der Waals surface area contributed by atoms with E-state index in [1.165, 1.54) is 4.90 Å². The van der Waals surface area contributed by atoms with Crippen molar-refractivity contribution in [1.29, 1.82) is 0 Å². The van der Waals surface area contributed by atoms with Crippen LogP contribution in [0, 0.1) is 0 Å². The van der Waals surface area contributed by atoms with Crippen molar-refractivity contribution in [3.05, 3.63) is 0 Å². The third kappa shape index (κ3) is 5.78. The number of hydrogen-bond donors (Lipinski definition) is 1. The summed E-state index contributed by atoms with van der Waals surface area (Å²) >= 11 is 0. The Morgan fingerprint density at radius 1 is 1.33 bits per heavy atom. The molecule has 0 bridgehead atoms. The summed E-state index contributed by atoms with van der Waals surface area (Å²) in [7, 11) is 3.67. The van der Waals surface area contributed by atoms with Crippen LogP contribution in [0.4, 0.5) is 18.0 Å². The topological polar surface area (TPSA) is 64.1 Å². The predicted octanol–water partition coefficient (Wildman–Crippen LogP) is 1.08. The van der Waals surface area contributed by atoms with Gasteiger partial charge in [-0.15, -0.1) is 0 Å². The standard InChI is InChI=1S/C12H20F3N3O3/c1-16(2)9-4-3-5-17(6-9)11(21)18(7-10(19)20)8-12(13,14)15/h9H,3-8H2,1-2H3,(H,19,20). The number of likely N-dealkylation sites (tertiary alicyclic amines) is 1. The van der Waals surface area contributed by atoms with E-state index in [1.807, 2.05) is 19.0 Å². The highest BCUT2D eigenvalue weighted by Gasteiger charge is 2.36. The van der Waals surface area contributed by atoms with Gasteiger partial charge in [0.05, 0.1) is 0 Å². The van der Waals surface area contributed by atoms with Crippen LogP contribution in [-0.2, 0) is 4.79 Å². The Balaban J connectivity index is 2.76. The number of aliphatic carboxylic acids is 1. The highest BCUT2D eigenvalue weighted by Crippen LogP contribution is 2.20. The maximum atomic E-state index is 12.5. The van der Waals surface area contributed by atoms with E-state index in [1.54, 1.807) is 0 Å². The smallest absolute Gasteiger partial charge is 0.406 e. The maximum Gasteiger partial charge on any atom is 0.406 e. The summed E-state index contributed by atoms with van der Waals surface area (Å²) in [5.41, 5.74) is 0. The fourth-order valence-electron chi connectivity index (χ4n) is 2.32. The molecule has 1 aliphatic rings. The van der Waals surface area contributed by atoms with Gasteiger partial charge in [0.2, 0.25) is 0 Å². The largest absolute Gasteiger partial charge is 0.480 e. The first-order valence-electron chi connectivity index (χ1n) is 6.59. The van der Waals surface area contributed by atoms with Crippen LogP contribution in [0.2, 0.25) is 0 Å². The van der Waals surface area contributed by atoms with E-state index in [0.717, 1.165) is 6.42 Å². The molecular weight excluding hydrogens is 291 g/mol. The molecule has 1 saturated heterocycles. The first-order valence-corrected chi connectivity index (χ1v) is 6.59. The second kappa shape index (κ2) is 6.97. The van der Waals surface area contributed by atoms with Crippen molar-refractivity contribution in [2.45, 2.75) is 25.1 Å². The SMILES string of the molecule is CN(C)C1CCCN(C(=O)N(CC(=O)O)CC(F)(F)F)C1. The Morgan fingerprint density at radius 2 is 1.95 bits per heavy atom. The number of halogens is 3. The van der Waals surface area contributed by atoms with Gasteiger partial charge >= 0.3 is 18.2 Å². The lowest BCUT2D eigenvalue weighted by molar-refractivity contribution is -0.150. The second-order valence-electron chi connectivity index (χ2n) is 5.35. The number of carbonyl (C=O) groups excluding carboxylic acids is 1. The molecule has 0 aromatic rings. The number of carbonyl (C=O) groups is 2. The minimum absolute atomic E-state index is 0.0697. The van der Waals surface area contributed by atoms with Gasteiger partial charge < -0.3 is 19.8 Å². The van der Waals surface area contributed by atoms with Crippen molar-refractivity contribution in [3.63, 3.8) is 0 Å². The molecule has 21 heavy (non-hydrogen) atoms. The zero-order valence-corrected chi connectivity index (χ0v) is 12.1. The van der Waals surface area contributed by atoms with Crippen LogP contribution < -0.4 is 0 Å². The van der Waals surface area contributed by atoms with E-state index in [-0.39, 0.29) is 6.04 Å². The number of urea groups is 1. The average molecular weight is 311 g/mol. The number of piperidine rings is 1. The number of amides is 2. The monoisotopic (exact) mass is 311 g/mol. The third-order valence-electron chi connectivity index (χ3n) is 3.36. The predicted molar refractivity (Wildman–Crippen MR) is 68.9 cm³/mol. The lowest BCUT2D eigenvalue weighted by Crippen LogP contribution is -2.54. The number of nitrogens with zero attached hydrogens (tertiary/aromatic N) is 3. The lowest BCUT2D eigenvalue weighted by Gasteiger charge is -2.38. The number of hydrogen-bond acceptors (Lipinski definition) is 3. The number of alkyl halides is 3. The van der Waals surface area contributed by atoms with Gasteiger partial charge in [-0.3, -0.25) is 4.79 Å². The quantitative estimate of drug-likeness (QED) is 0.844. The van der Waals surface area contributed by atoms with Crippen LogP contribution in [0.1, 0.15) is 12.8 Å². The van der Waals surface area contributed by atoms with Crippen molar-refractivity contribution in [2.75, 3.05) is 40.3 Å². The average Bonchev–Trinajstić information content (AvgIpc) is 2.35. The molecule has 0 aliphatic carbocycles. The van der Waals surface area contributed by atoms with Gasteiger partial charge in [-0.25, -0.2) is 4.79 Å². The fourth-order valence-corrected chi connectivity index (χ4v) is 2.32. The lowest BCUT2D eigenvalue weighted by atomic mass is 10.1. The molecule has 0 spiro atoms. The normalized spacial score (nSPS) is 19.7. The summed E-state index contributed by atoms with van der Waals surface area (Å²) in [5.74, 6) is -1.46. The summed E-state index contributed by atoms with van der Waals surface area (Å²) in [5, 5.41) is 8.68. The molecule has 1 N–H and O–H groups in total. The Morgan fingerprint density at radius 3 is 2.43 bits per heavy atom. The molecule has 0 aromatic carbocycles. The van der Waals surface area contributed by atoms with E-state index in [0.29, 0.717) is 24.4 Å². The summed E-state index contributed by atoms with van der Waals surface area (Å²) < 4.78 is 37.4. The van der Waals surface area contributed by atoms with Crippen LogP contribution in [0.15, 0.2) is 0 Å². The number of carboxylic acid groups (broad SMARTS) is 1. The van der Waals surface area contributed by atoms with Crippen molar-refractivity contribution < 1.29 is 27.9 Å². The summed E-state index contributed by atoms with van der Waals surface area (Å²) in [6.07, 6.45) is -3.08. The highest BCUT2D eigenvalue weighted by atomic mass is 19.4.